The van der Waals surface area contributed by atoms with E-state index in [0.717, 1.165) is 30.7 Å². The van der Waals surface area contributed by atoms with Crippen LogP contribution in [0, 0.1) is 5.92 Å². The number of ether oxygens (including phenoxy) is 2. The molecule has 5 heteroatoms. The molecule has 0 spiro atoms. The zero-order valence-electron chi connectivity index (χ0n) is 21.0. The van der Waals surface area contributed by atoms with Gasteiger partial charge in [0.15, 0.2) is 5.82 Å². The Morgan fingerprint density at radius 1 is 0.853 bits per heavy atom. The third-order valence-electron chi connectivity index (χ3n) is 6.51. The third-order valence-corrected chi connectivity index (χ3v) is 6.51. The number of hydrogen-bond acceptors (Lipinski definition) is 5. The molecule has 0 unspecified atom stereocenters. The number of aryl methyl sites for hydroxylation is 1. The van der Waals surface area contributed by atoms with E-state index in [1.54, 1.807) is 12.1 Å². The van der Waals surface area contributed by atoms with E-state index in [1.807, 2.05) is 24.5 Å². The summed E-state index contributed by atoms with van der Waals surface area (Å²) in [6.45, 7) is 2.66. The van der Waals surface area contributed by atoms with Crippen LogP contribution in [-0.4, -0.2) is 22.7 Å². The van der Waals surface area contributed by atoms with E-state index >= 15 is 0 Å². The SMILES string of the molecule is CCCCCCCCc1cnc(-c2ccc(OC(=O)OCCCCCCCC3CC3)cc2)nc1. The first-order valence-electron chi connectivity index (χ1n) is 13.5. The third kappa shape index (κ3) is 10.7. The van der Waals surface area contributed by atoms with Crippen LogP contribution in [-0.2, 0) is 11.2 Å². The summed E-state index contributed by atoms with van der Waals surface area (Å²) in [6.07, 6.45) is 22.1. The molecule has 5 nitrogen and oxygen atoms in total. The molecule has 0 N–H and O–H groups in total. The van der Waals surface area contributed by atoms with Crippen LogP contribution in [0.2, 0.25) is 0 Å². The molecular formula is C29H42N2O3. The van der Waals surface area contributed by atoms with Gasteiger partial charge in [0.2, 0.25) is 0 Å². The molecule has 1 fully saturated rings. The van der Waals surface area contributed by atoms with Crippen molar-refractivity contribution < 1.29 is 14.3 Å². The summed E-state index contributed by atoms with van der Waals surface area (Å²) in [4.78, 5) is 20.9. The zero-order valence-corrected chi connectivity index (χ0v) is 21.0. The summed E-state index contributed by atoms with van der Waals surface area (Å²) in [6, 6.07) is 7.24. The number of carbonyl (C=O) groups is 1. The minimum absolute atomic E-state index is 0.415. The number of unbranched alkanes of at least 4 members (excludes halogenated alkanes) is 9. The molecular weight excluding hydrogens is 424 g/mol. The molecule has 186 valence electrons. The fourth-order valence-corrected chi connectivity index (χ4v) is 4.17. The van der Waals surface area contributed by atoms with Crippen LogP contribution < -0.4 is 4.74 Å². The summed E-state index contributed by atoms with van der Waals surface area (Å²) >= 11 is 0. The van der Waals surface area contributed by atoms with Gasteiger partial charge in [0.05, 0.1) is 6.61 Å². The van der Waals surface area contributed by atoms with E-state index in [4.69, 9.17) is 9.47 Å². The van der Waals surface area contributed by atoms with Gasteiger partial charge in [-0.15, -0.1) is 0 Å². The van der Waals surface area contributed by atoms with Gasteiger partial charge in [-0.3, -0.25) is 0 Å². The maximum atomic E-state index is 11.9. The minimum Gasteiger partial charge on any atom is -0.434 e. The fourth-order valence-electron chi connectivity index (χ4n) is 4.17. The highest BCUT2D eigenvalue weighted by molar-refractivity contribution is 5.64. The van der Waals surface area contributed by atoms with Gasteiger partial charge in [0.1, 0.15) is 5.75 Å². The van der Waals surface area contributed by atoms with Crippen molar-refractivity contribution >= 4 is 6.16 Å². The van der Waals surface area contributed by atoms with Gasteiger partial charge in [-0.1, -0.05) is 84.0 Å². The number of benzene rings is 1. The number of rotatable bonds is 17. The van der Waals surface area contributed by atoms with Crippen molar-refractivity contribution in [2.45, 2.75) is 103 Å². The van der Waals surface area contributed by atoms with Crippen molar-refractivity contribution in [3.63, 3.8) is 0 Å². The van der Waals surface area contributed by atoms with Crippen LogP contribution in [0.5, 0.6) is 5.75 Å². The minimum atomic E-state index is -0.642. The van der Waals surface area contributed by atoms with Crippen molar-refractivity contribution in [2.24, 2.45) is 5.92 Å². The molecule has 0 saturated heterocycles. The average molecular weight is 467 g/mol. The molecule has 1 heterocycles. The maximum absolute atomic E-state index is 11.9. The second-order valence-corrected chi connectivity index (χ2v) is 9.66. The summed E-state index contributed by atoms with van der Waals surface area (Å²) in [5.41, 5.74) is 2.08. The molecule has 1 aromatic carbocycles. The lowest BCUT2D eigenvalue weighted by Gasteiger charge is -2.07. The largest absolute Gasteiger partial charge is 0.513 e. The number of aromatic nitrogens is 2. The summed E-state index contributed by atoms with van der Waals surface area (Å²) in [5.74, 6) is 2.17. The lowest BCUT2D eigenvalue weighted by molar-refractivity contribution is 0.0973. The van der Waals surface area contributed by atoms with Gasteiger partial charge in [-0.25, -0.2) is 14.8 Å². The molecule has 3 rings (SSSR count). The Morgan fingerprint density at radius 3 is 2.21 bits per heavy atom. The standard InChI is InChI=1S/C29H42N2O3/c1-2-3-4-5-7-11-14-25-22-30-28(31-23-25)26-17-19-27(20-18-26)34-29(32)33-21-12-9-6-8-10-13-24-15-16-24/h17-20,22-24H,2-16,21H2,1H3. The lowest BCUT2D eigenvalue weighted by Crippen LogP contribution is -2.11. The van der Waals surface area contributed by atoms with Crippen LogP contribution >= 0.6 is 0 Å². The van der Waals surface area contributed by atoms with E-state index < -0.39 is 6.16 Å². The summed E-state index contributed by atoms with van der Waals surface area (Å²) < 4.78 is 10.5. The highest BCUT2D eigenvalue weighted by Gasteiger charge is 2.19. The molecule has 1 aromatic heterocycles. The Bertz CT molecular complexity index is 816. The van der Waals surface area contributed by atoms with Crippen LogP contribution in [0.4, 0.5) is 4.79 Å². The van der Waals surface area contributed by atoms with Crippen LogP contribution in [0.15, 0.2) is 36.7 Å². The van der Waals surface area contributed by atoms with E-state index in [-0.39, 0.29) is 0 Å². The molecule has 2 aromatic rings. The second-order valence-electron chi connectivity index (χ2n) is 9.66. The molecule has 1 aliphatic rings. The Morgan fingerprint density at radius 2 is 1.50 bits per heavy atom. The first-order valence-corrected chi connectivity index (χ1v) is 13.5. The Balaban J connectivity index is 1.28. The highest BCUT2D eigenvalue weighted by Crippen LogP contribution is 2.34. The van der Waals surface area contributed by atoms with E-state index in [9.17, 15) is 4.79 Å². The quantitative estimate of drug-likeness (QED) is 0.133. The fraction of sp³-hybridized carbons (Fsp3) is 0.621. The smallest absolute Gasteiger partial charge is 0.434 e. The predicted molar refractivity (Wildman–Crippen MR) is 137 cm³/mol. The lowest BCUT2D eigenvalue weighted by atomic mass is 10.1. The molecule has 0 atom stereocenters. The Labute approximate surface area is 205 Å². The maximum Gasteiger partial charge on any atom is 0.513 e. The first-order chi connectivity index (χ1) is 16.7. The monoisotopic (exact) mass is 466 g/mol. The van der Waals surface area contributed by atoms with Crippen molar-refractivity contribution in [2.75, 3.05) is 6.61 Å². The van der Waals surface area contributed by atoms with Gasteiger partial charge >= 0.3 is 6.16 Å². The van der Waals surface area contributed by atoms with Crippen LogP contribution in [0.25, 0.3) is 11.4 Å². The Kier molecular flexibility index (Phi) is 11.9. The zero-order chi connectivity index (χ0) is 23.8. The number of carbonyl (C=O) groups excluding carboxylic acids is 1. The topological polar surface area (TPSA) is 61.3 Å². The van der Waals surface area contributed by atoms with Crippen LogP contribution in [0.3, 0.4) is 0 Å². The number of nitrogens with zero attached hydrogens (tertiary/aromatic N) is 2. The van der Waals surface area contributed by atoms with Gasteiger partial charge < -0.3 is 9.47 Å². The molecule has 1 saturated carbocycles. The van der Waals surface area contributed by atoms with Gasteiger partial charge in [-0.2, -0.15) is 0 Å². The summed E-state index contributed by atoms with van der Waals surface area (Å²) in [5, 5.41) is 0. The molecule has 0 amide bonds. The molecule has 1 aliphatic carbocycles. The van der Waals surface area contributed by atoms with Crippen molar-refractivity contribution in [1.82, 2.24) is 9.97 Å². The normalized spacial score (nSPS) is 13.1. The van der Waals surface area contributed by atoms with E-state index in [1.165, 1.54) is 82.6 Å². The van der Waals surface area contributed by atoms with Gasteiger partial charge in [-0.05, 0) is 55.0 Å². The van der Waals surface area contributed by atoms with Crippen molar-refractivity contribution in [3.8, 4) is 17.1 Å². The second kappa shape index (κ2) is 15.5. The average Bonchev–Trinajstić information content (AvgIpc) is 3.68. The summed E-state index contributed by atoms with van der Waals surface area (Å²) in [7, 11) is 0. The Hall–Kier alpha value is -2.43. The molecule has 0 bridgehead atoms. The first kappa shape index (κ1) is 26.2. The van der Waals surface area contributed by atoms with E-state index in [0.29, 0.717) is 18.2 Å². The van der Waals surface area contributed by atoms with Crippen molar-refractivity contribution in [1.29, 1.82) is 0 Å². The van der Waals surface area contributed by atoms with E-state index in [2.05, 4.69) is 16.9 Å². The highest BCUT2D eigenvalue weighted by atomic mass is 16.7. The molecule has 0 aliphatic heterocycles. The van der Waals surface area contributed by atoms with Crippen molar-refractivity contribution in [3.05, 3.63) is 42.2 Å². The molecule has 0 radical (unpaired) electrons. The number of hydrogen-bond donors (Lipinski definition) is 0. The van der Waals surface area contributed by atoms with Gasteiger partial charge in [0.25, 0.3) is 0 Å². The molecule has 34 heavy (non-hydrogen) atoms. The predicted octanol–water partition coefficient (Wildman–Crippen LogP) is 8.31. The van der Waals surface area contributed by atoms with Gasteiger partial charge in [0, 0.05) is 18.0 Å². The van der Waals surface area contributed by atoms with Crippen LogP contribution in [0.1, 0.15) is 102 Å².